The van der Waals surface area contributed by atoms with Gasteiger partial charge in [0.05, 0.1) is 25.7 Å². The number of aromatic amines is 1. The van der Waals surface area contributed by atoms with Gasteiger partial charge in [-0.2, -0.15) is 0 Å². The summed E-state index contributed by atoms with van der Waals surface area (Å²) in [5.41, 5.74) is 1.82. The number of H-pyrrole nitrogens is 1. The molecule has 1 saturated carbocycles. The predicted octanol–water partition coefficient (Wildman–Crippen LogP) is 4.35. The quantitative estimate of drug-likeness (QED) is 0.551. The van der Waals surface area contributed by atoms with Crippen molar-refractivity contribution in [3.63, 3.8) is 0 Å². The number of benzene rings is 2. The third-order valence-electron chi connectivity index (χ3n) is 6.72. The van der Waals surface area contributed by atoms with Crippen LogP contribution in [-0.4, -0.2) is 42.3 Å². The largest absolute Gasteiger partial charge is 0.496 e. The standard InChI is InChI=1S/C27H31N3O5/c1-33-23-10-6-5-7-18(23)16-30(27(32)28-21-8-3-2-4-9-21)17-20-13-19-14-24-25(35-12-11-34-24)15-22(19)29-26(20)31/h5-7,10,13-15,21H,2-4,8-9,11-12,16-17H2,1H3,(H,28,32)(H,29,31). The number of carbonyl (C=O) groups is 1. The maximum Gasteiger partial charge on any atom is 0.318 e. The van der Waals surface area contributed by atoms with Crippen molar-refractivity contribution < 1.29 is 19.0 Å². The van der Waals surface area contributed by atoms with E-state index in [-0.39, 0.29) is 24.2 Å². The number of hydrogen-bond donors (Lipinski definition) is 2. The Hall–Kier alpha value is -3.68. The first-order valence-electron chi connectivity index (χ1n) is 12.2. The molecule has 0 bridgehead atoms. The number of amides is 2. The summed E-state index contributed by atoms with van der Waals surface area (Å²) in [4.78, 5) is 31.1. The Kier molecular flexibility index (Phi) is 6.79. The molecular formula is C27H31N3O5. The maximum absolute atomic E-state index is 13.4. The lowest BCUT2D eigenvalue weighted by Crippen LogP contribution is -2.45. The summed E-state index contributed by atoms with van der Waals surface area (Å²) in [6.45, 7) is 1.45. The molecule has 1 aliphatic heterocycles. The lowest BCUT2D eigenvalue weighted by molar-refractivity contribution is 0.172. The van der Waals surface area contributed by atoms with E-state index in [0.29, 0.717) is 48.1 Å². The van der Waals surface area contributed by atoms with Crippen molar-refractivity contribution in [2.75, 3.05) is 20.3 Å². The number of aromatic nitrogens is 1. The molecule has 0 saturated heterocycles. The molecule has 35 heavy (non-hydrogen) atoms. The molecule has 184 valence electrons. The summed E-state index contributed by atoms with van der Waals surface area (Å²) >= 11 is 0. The summed E-state index contributed by atoms with van der Waals surface area (Å²) in [6.07, 6.45) is 5.42. The van der Waals surface area contributed by atoms with Crippen LogP contribution < -0.4 is 25.1 Å². The Morgan fingerprint density at radius 1 is 1.03 bits per heavy atom. The van der Waals surface area contributed by atoms with E-state index in [2.05, 4.69) is 10.3 Å². The Morgan fingerprint density at radius 2 is 1.74 bits per heavy atom. The molecule has 1 aliphatic carbocycles. The van der Waals surface area contributed by atoms with Crippen LogP contribution in [0.1, 0.15) is 43.2 Å². The number of urea groups is 1. The van der Waals surface area contributed by atoms with Crippen molar-refractivity contribution in [1.29, 1.82) is 0 Å². The van der Waals surface area contributed by atoms with Gasteiger partial charge in [0.15, 0.2) is 11.5 Å². The van der Waals surface area contributed by atoms with E-state index in [4.69, 9.17) is 14.2 Å². The average molecular weight is 478 g/mol. The van der Waals surface area contributed by atoms with E-state index in [0.717, 1.165) is 36.6 Å². The predicted molar refractivity (Wildman–Crippen MR) is 133 cm³/mol. The minimum Gasteiger partial charge on any atom is -0.496 e. The second-order valence-electron chi connectivity index (χ2n) is 9.16. The smallest absolute Gasteiger partial charge is 0.318 e. The number of methoxy groups -OCH3 is 1. The molecule has 8 nitrogen and oxygen atoms in total. The second-order valence-corrected chi connectivity index (χ2v) is 9.16. The molecular weight excluding hydrogens is 446 g/mol. The zero-order valence-electron chi connectivity index (χ0n) is 20.0. The topological polar surface area (TPSA) is 92.9 Å². The average Bonchev–Trinajstić information content (AvgIpc) is 2.88. The van der Waals surface area contributed by atoms with Crippen LogP contribution in [0, 0.1) is 0 Å². The van der Waals surface area contributed by atoms with Crippen LogP contribution in [0.2, 0.25) is 0 Å². The molecule has 1 aromatic heterocycles. The molecule has 8 heteroatoms. The molecule has 5 rings (SSSR count). The highest BCUT2D eigenvalue weighted by Crippen LogP contribution is 2.33. The van der Waals surface area contributed by atoms with E-state index in [1.807, 2.05) is 36.4 Å². The Morgan fingerprint density at radius 3 is 2.51 bits per heavy atom. The highest BCUT2D eigenvalue weighted by atomic mass is 16.6. The van der Waals surface area contributed by atoms with Gasteiger partial charge in [-0.1, -0.05) is 37.5 Å². The number of carbonyl (C=O) groups excluding carboxylic acids is 1. The van der Waals surface area contributed by atoms with Crippen LogP contribution in [0.4, 0.5) is 4.79 Å². The number of pyridine rings is 1. The third-order valence-corrected chi connectivity index (χ3v) is 6.72. The normalized spacial score (nSPS) is 15.6. The Labute approximate surface area is 204 Å². The van der Waals surface area contributed by atoms with Gasteiger partial charge in [-0.3, -0.25) is 4.79 Å². The monoisotopic (exact) mass is 477 g/mol. The van der Waals surface area contributed by atoms with Gasteiger partial charge in [0.2, 0.25) is 0 Å². The number of rotatable bonds is 6. The molecule has 0 spiro atoms. The SMILES string of the molecule is COc1ccccc1CN(Cc1cc2cc3c(cc2[nH]c1=O)OCCO3)C(=O)NC1CCCCC1. The summed E-state index contributed by atoms with van der Waals surface area (Å²) in [5.74, 6) is 1.98. The van der Waals surface area contributed by atoms with Crippen LogP contribution in [0.15, 0.2) is 47.3 Å². The minimum atomic E-state index is -0.232. The van der Waals surface area contributed by atoms with Crippen LogP contribution in [0.3, 0.4) is 0 Å². The molecule has 0 atom stereocenters. The summed E-state index contributed by atoms with van der Waals surface area (Å²) in [7, 11) is 1.62. The molecule has 2 aromatic carbocycles. The van der Waals surface area contributed by atoms with Crippen molar-refractivity contribution in [2.24, 2.45) is 0 Å². The minimum absolute atomic E-state index is 0.162. The molecule has 0 radical (unpaired) electrons. The van der Waals surface area contributed by atoms with Gasteiger partial charge in [-0.15, -0.1) is 0 Å². The van der Waals surface area contributed by atoms with Crippen molar-refractivity contribution in [3.05, 3.63) is 63.9 Å². The maximum atomic E-state index is 13.4. The number of nitrogens with one attached hydrogen (secondary N) is 2. The lowest BCUT2D eigenvalue weighted by Gasteiger charge is -2.29. The van der Waals surface area contributed by atoms with Crippen LogP contribution in [0.5, 0.6) is 17.2 Å². The molecule has 2 heterocycles. The van der Waals surface area contributed by atoms with Gasteiger partial charge in [-0.25, -0.2) is 4.79 Å². The molecule has 2 aliphatic rings. The number of fused-ring (bicyclic) bond motifs is 2. The number of para-hydroxylation sites is 1. The van der Waals surface area contributed by atoms with Crippen LogP contribution in [-0.2, 0) is 13.1 Å². The number of nitrogens with zero attached hydrogens (tertiary/aromatic N) is 1. The summed E-state index contributed by atoms with van der Waals surface area (Å²) in [5, 5.41) is 4.02. The van der Waals surface area contributed by atoms with Gasteiger partial charge >= 0.3 is 6.03 Å². The van der Waals surface area contributed by atoms with E-state index in [1.165, 1.54) is 6.42 Å². The number of hydrogen-bond acceptors (Lipinski definition) is 5. The molecule has 3 aromatic rings. The van der Waals surface area contributed by atoms with Gasteiger partial charge < -0.3 is 29.4 Å². The van der Waals surface area contributed by atoms with Crippen molar-refractivity contribution in [3.8, 4) is 17.2 Å². The first-order chi connectivity index (χ1) is 17.1. The van der Waals surface area contributed by atoms with Crippen molar-refractivity contribution in [1.82, 2.24) is 15.2 Å². The lowest BCUT2D eigenvalue weighted by atomic mass is 9.96. The number of ether oxygens (including phenoxy) is 3. The fourth-order valence-corrected chi connectivity index (χ4v) is 4.86. The fourth-order valence-electron chi connectivity index (χ4n) is 4.86. The first kappa shape index (κ1) is 23.1. The van der Waals surface area contributed by atoms with Gasteiger partial charge in [-0.05, 0) is 31.0 Å². The van der Waals surface area contributed by atoms with Crippen molar-refractivity contribution in [2.45, 2.75) is 51.2 Å². The molecule has 0 unspecified atom stereocenters. The van der Waals surface area contributed by atoms with E-state index >= 15 is 0 Å². The van der Waals surface area contributed by atoms with E-state index < -0.39 is 0 Å². The van der Waals surface area contributed by atoms with E-state index in [9.17, 15) is 9.59 Å². The van der Waals surface area contributed by atoms with Crippen molar-refractivity contribution >= 4 is 16.9 Å². The zero-order chi connectivity index (χ0) is 24.2. The van der Waals surface area contributed by atoms with Gasteiger partial charge in [0.1, 0.15) is 19.0 Å². The van der Waals surface area contributed by atoms with Crippen LogP contribution >= 0.6 is 0 Å². The van der Waals surface area contributed by atoms with E-state index in [1.54, 1.807) is 18.1 Å². The molecule has 2 amide bonds. The highest BCUT2D eigenvalue weighted by molar-refractivity contribution is 5.83. The van der Waals surface area contributed by atoms with Gasteiger partial charge in [0, 0.05) is 28.6 Å². The Bertz CT molecular complexity index is 1270. The zero-order valence-corrected chi connectivity index (χ0v) is 20.0. The first-order valence-corrected chi connectivity index (χ1v) is 12.2. The van der Waals surface area contributed by atoms with Crippen LogP contribution in [0.25, 0.3) is 10.9 Å². The summed E-state index contributed by atoms with van der Waals surface area (Å²) in [6, 6.07) is 13.1. The highest BCUT2D eigenvalue weighted by Gasteiger charge is 2.23. The summed E-state index contributed by atoms with van der Waals surface area (Å²) < 4.78 is 16.9. The second kappa shape index (κ2) is 10.3. The molecule has 2 N–H and O–H groups in total. The Balaban J connectivity index is 1.45. The molecule has 1 fully saturated rings. The fraction of sp³-hybridized carbons (Fsp3) is 0.407. The third kappa shape index (κ3) is 5.21. The van der Waals surface area contributed by atoms with Gasteiger partial charge in [0.25, 0.3) is 5.56 Å².